The Morgan fingerprint density at radius 3 is 2.84 bits per heavy atom. The highest BCUT2D eigenvalue weighted by Gasteiger charge is 2.54. The molecule has 3 N–H and O–H groups in total. The number of aromatic amines is 1. The fourth-order valence-electron chi connectivity index (χ4n) is 2.49. The third-order valence-electron chi connectivity index (χ3n) is 3.81. The summed E-state index contributed by atoms with van der Waals surface area (Å²) >= 11 is 0. The van der Waals surface area contributed by atoms with Gasteiger partial charge < -0.3 is 10.6 Å². The Hall–Kier alpha value is -1.92. The van der Waals surface area contributed by atoms with Gasteiger partial charge in [0.25, 0.3) is 5.91 Å². The lowest BCUT2D eigenvalue weighted by Crippen LogP contribution is -2.64. The van der Waals surface area contributed by atoms with E-state index in [0.29, 0.717) is 12.3 Å². The van der Waals surface area contributed by atoms with Crippen LogP contribution in [0.2, 0.25) is 0 Å². The molecule has 0 aromatic carbocycles. The lowest BCUT2D eigenvalue weighted by molar-refractivity contribution is -0.135. The van der Waals surface area contributed by atoms with E-state index < -0.39 is 23.7 Å². The fourth-order valence-corrected chi connectivity index (χ4v) is 2.49. The summed E-state index contributed by atoms with van der Waals surface area (Å²) in [5.41, 5.74) is 3.86. The van der Waals surface area contributed by atoms with Gasteiger partial charge in [-0.25, -0.2) is 4.39 Å². The van der Waals surface area contributed by atoms with Crippen molar-refractivity contribution in [3.05, 3.63) is 18.0 Å². The summed E-state index contributed by atoms with van der Waals surface area (Å²) < 4.78 is 15.0. The van der Waals surface area contributed by atoms with E-state index in [2.05, 4.69) is 15.2 Å². The van der Waals surface area contributed by atoms with Gasteiger partial charge in [-0.1, -0.05) is 6.92 Å². The van der Waals surface area contributed by atoms with Crippen molar-refractivity contribution in [3.8, 4) is 0 Å². The molecular formula is C12H18FN5O. The minimum atomic E-state index is -2.16. The van der Waals surface area contributed by atoms with E-state index in [1.165, 1.54) is 0 Å². The molecule has 0 spiro atoms. The lowest BCUT2D eigenvalue weighted by atomic mass is 9.84. The van der Waals surface area contributed by atoms with Gasteiger partial charge in [-0.15, -0.1) is 0 Å². The number of primary amides is 1. The maximum absolute atomic E-state index is 15.0. The Bertz CT molecular complexity index is 500. The van der Waals surface area contributed by atoms with E-state index in [0.717, 1.165) is 5.56 Å². The molecule has 0 aliphatic carbocycles. The van der Waals surface area contributed by atoms with Crippen molar-refractivity contribution in [1.29, 1.82) is 0 Å². The Morgan fingerprint density at radius 2 is 2.37 bits per heavy atom. The molecule has 0 saturated heterocycles. The standard InChI is InChI=1S/C12H18FN5O/c1-4-9-12(13,11(14)19)7(2)18(3)10(17-9)8-5-15-16-6-8/h5-7,9H,4H2,1-3H3,(H2,14,19)(H,15,16). The molecule has 1 amide bonds. The molecule has 3 unspecified atom stereocenters. The summed E-state index contributed by atoms with van der Waals surface area (Å²) in [5.74, 6) is -0.351. The smallest absolute Gasteiger partial charge is 0.259 e. The first kappa shape index (κ1) is 13.5. The van der Waals surface area contributed by atoms with Crippen LogP contribution in [0.15, 0.2) is 17.4 Å². The van der Waals surface area contributed by atoms with Crippen molar-refractivity contribution < 1.29 is 9.18 Å². The maximum atomic E-state index is 15.0. The summed E-state index contributed by atoms with van der Waals surface area (Å²) in [6, 6.07) is -1.46. The lowest BCUT2D eigenvalue weighted by Gasteiger charge is -2.44. The van der Waals surface area contributed by atoms with Crippen molar-refractivity contribution in [1.82, 2.24) is 15.1 Å². The van der Waals surface area contributed by atoms with Gasteiger partial charge in [-0.05, 0) is 13.3 Å². The molecule has 19 heavy (non-hydrogen) atoms. The molecule has 0 bridgehead atoms. The van der Waals surface area contributed by atoms with Gasteiger partial charge in [0.05, 0.1) is 23.8 Å². The zero-order valence-corrected chi connectivity index (χ0v) is 11.2. The molecule has 1 aromatic rings. The number of rotatable bonds is 3. The molecule has 7 heteroatoms. The minimum absolute atomic E-state index is 0.402. The van der Waals surface area contributed by atoms with E-state index in [4.69, 9.17) is 5.73 Å². The van der Waals surface area contributed by atoms with Crippen molar-refractivity contribution in [2.24, 2.45) is 10.7 Å². The maximum Gasteiger partial charge on any atom is 0.259 e. The van der Waals surface area contributed by atoms with Crippen LogP contribution in [0.1, 0.15) is 25.8 Å². The Kier molecular flexibility index (Phi) is 3.30. The number of nitrogens with zero attached hydrogens (tertiary/aromatic N) is 3. The predicted molar refractivity (Wildman–Crippen MR) is 69.5 cm³/mol. The molecule has 0 fully saturated rings. The third-order valence-corrected chi connectivity index (χ3v) is 3.81. The van der Waals surface area contributed by atoms with Crippen LogP contribution in [0.25, 0.3) is 0 Å². The summed E-state index contributed by atoms with van der Waals surface area (Å²) in [5, 5.41) is 6.56. The van der Waals surface area contributed by atoms with E-state index in [-0.39, 0.29) is 0 Å². The zero-order valence-electron chi connectivity index (χ0n) is 11.2. The third kappa shape index (κ3) is 1.89. The molecule has 0 radical (unpaired) electrons. The Labute approximate surface area is 110 Å². The summed E-state index contributed by atoms with van der Waals surface area (Å²) in [6.45, 7) is 3.43. The molecule has 1 aliphatic rings. The van der Waals surface area contributed by atoms with Gasteiger partial charge in [-0.2, -0.15) is 5.10 Å². The van der Waals surface area contributed by atoms with Crippen LogP contribution in [0.4, 0.5) is 4.39 Å². The van der Waals surface area contributed by atoms with Crippen LogP contribution in [-0.2, 0) is 4.79 Å². The number of nitrogens with two attached hydrogens (primary N) is 1. The predicted octanol–water partition coefficient (Wildman–Crippen LogP) is 0.462. The van der Waals surface area contributed by atoms with Crippen molar-refractivity contribution in [2.45, 2.75) is 38.0 Å². The average molecular weight is 267 g/mol. The Balaban J connectivity index is 2.50. The van der Waals surface area contributed by atoms with Crippen LogP contribution in [0.5, 0.6) is 0 Å². The number of amides is 1. The summed E-state index contributed by atoms with van der Waals surface area (Å²) in [7, 11) is 1.69. The van der Waals surface area contributed by atoms with Crippen LogP contribution in [-0.4, -0.2) is 51.6 Å². The summed E-state index contributed by atoms with van der Waals surface area (Å²) in [4.78, 5) is 17.5. The second-order valence-corrected chi connectivity index (χ2v) is 4.78. The normalized spacial score (nSPS) is 31.2. The van der Waals surface area contributed by atoms with Crippen LogP contribution in [0.3, 0.4) is 0 Å². The second-order valence-electron chi connectivity index (χ2n) is 4.78. The number of carbonyl (C=O) groups is 1. The molecular weight excluding hydrogens is 249 g/mol. The highest BCUT2D eigenvalue weighted by Crippen LogP contribution is 2.33. The van der Waals surface area contributed by atoms with Crippen molar-refractivity contribution in [3.63, 3.8) is 0 Å². The Morgan fingerprint density at radius 1 is 1.68 bits per heavy atom. The molecule has 1 aromatic heterocycles. The van der Waals surface area contributed by atoms with Gasteiger partial charge in [-0.3, -0.25) is 14.9 Å². The number of H-pyrrole nitrogens is 1. The van der Waals surface area contributed by atoms with Gasteiger partial charge in [0.2, 0.25) is 5.67 Å². The molecule has 0 saturated carbocycles. The van der Waals surface area contributed by atoms with E-state index >= 15 is 0 Å². The second kappa shape index (κ2) is 4.64. The number of hydrogen-bond donors (Lipinski definition) is 2. The van der Waals surface area contributed by atoms with Crippen molar-refractivity contribution >= 4 is 11.7 Å². The van der Waals surface area contributed by atoms with Gasteiger partial charge in [0.15, 0.2) is 0 Å². The van der Waals surface area contributed by atoms with Crippen molar-refractivity contribution in [2.75, 3.05) is 7.05 Å². The minimum Gasteiger partial charge on any atom is -0.367 e. The number of aromatic nitrogens is 2. The molecule has 104 valence electrons. The van der Waals surface area contributed by atoms with Crippen LogP contribution < -0.4 is 5.73 Å². The van der Waals surface area contributed by atoms with E-state index in [9.17, 15) is 9.18 Å². The summed E-state index contributed by atoms with van der Waals surface area (Å²) in [6.07, 6.45) is 3.70. The first-order valence-corrected chi connectivity index (χ1v) is 6.21. The number of aliphatic imine (C=N–C) groups is 1. The number of halogens is 1. The molecule has 2 rings (SSSR count). The van der Waals surface area contributed by atoms with Gasteiger partial charge in [0.1, 0.15) is 5.84 Å². The number of hydrogen-bond acceptors (Lipinski definition) is 4. The van der Waals surface area contributed by atoms with Crippen LogP contribution in [0, 0.1) is 0 Å². The monoisotopic (exact) mass is 267 g/mol. The highest BCUT2D eigenvalue weighted by molar-refractivity contribution is 6.00. The zero-order chi connectivity index (χ0) is 14.2. The number of nitrogens with one attached hydrogen (secondary N) is 1. The van der Waals surface area contributed by atoms with Gasteiger partial charge in [0, 0.05) is 13.2 Å². The number of alkyl halides is 1. The van der Waals surface area contributed by atoms with Gasteiger partial charge >= 0.3 is 0 Å². The van der Waals surface area contributed by atoms with Crippen LogP contribution >= 0.6 is 0 Å². The SMILES string of the molecule is CCC1N=C(c2cn[nH]c2)N(C)C(C)C1(F)C(N)=O. The molecule has 1 aliphatic heterocycles. The number of carbonyl (C=O) groups excluding carboxylic acids is 1. The number of amidine groups is 1. The topological polar surface area (TPSA) is 87.4 Å². The quantitative estimate of drug-likeness (QED) is 0.834. The molecule has 3 atom stereocenters. The first-order chi connectivity index (χ1) is 8.92. The van der Waals surface area contributed by atoms with E-state index in [1.54, 1.807) is 38.2 Å². The first-order valence-electron chi connectivity index (χ1n) is 6.21. The molecule has 6 nitrogen and oxygen atoms in total. The van der Waals surface area contributed by atoms with E-state index in [1.807, 2.05) is 0 Å². The fraction of sp³-hybridized carbons (Fsp3) is 0.583. The molecule has 2 heterocycles. The largest absolute Gasteiger partial charge is 0.367 e. The average Bonchev–Trinajstić information content (AvgIpc) is 2.90. The highest BCUT2D eigenvalue weighted by atomic mass is 19.1.